The quantitative estimate of drug-likeness (QED) is 0.425. The van der Waals surface area contributed by atoms with Gasteiger partial charge in [0, 0.05) is 21.5 Å². The fraction of sp³-hybridized carbons (Fsp3) is 0.0833. The smallest absolute Gasteiger partial charge is 0.270 e. The molecule has 110 valence electrons. The van der Waals surface area contributed by atoms with Crippen LogP contribution in [0.25, 0.3) is 0 Å². The van der Waals surface area contributed by atoms with Crippen LogP contribution in [-0.2, 0) is 6.54 Å². The van der Waals surface area contributed by atoms with E-state index in [1.165, 1.54) is 29.5 Å². The molecule has 0 bridgehead atoms. The number of nitrogen functional groups attached to an aromatic ring is 1. The number of carbonyl (C=O) groups is 1. The molecule has 2 aromatic rings. The Morgan fingerprint density at radius 2 is 2.19 bits per heavy atom. The Morgan fingerprint density at radius 1 is 1.43 bits per heavy atom. The summed E-state index contributed by atoms with van der Waals surface area (Å²) >= 11 is 4.86. The number of hydrazine groups is 1. The third-order valence-electron chi connectivity index (χ3n) is 2.71. The predicted molar refractivity (Wildman–Crippen MR) is 84.1 cm³/mol. The zero-order valence-corrected chi connectivity index (χ0v) is 13.0. The van der Waals surface area contributed by atoms with Gasteiger partial charge in [0.05, 0.1) is 22.7 Å². The van der Waals surface area contributed by atoms with Crippen molar-refractivity contribution in [3.63, 3.8) is 0 Å². The first kappa shape index (κ1) is 15.4. The minimum atomic E-state index is -0.563. The first-order valence-electron chi connectivity index (χ1n) is 5.78. The van der Waals surface area contributed by atoms with Gasteiger partial charge in [0.15, 0.2) is 0 Å². The number of nitro groups is 1. The van der Waals surface area contributed by atoms with E-state index in [1.54, 1.807) is 0 Å². The molecule has 0 spiro atoms. The van der Waals surface area contributed by atoms with Crippen LogP contribution < -0.4 is 16.6 Å². The summed E-state index contributed by atoms with van der Waals surface area (Å²) in [7, 11) is 0. The van der Waals surface area contributed by atoms with E-state index >= 15 is 0 Å². The summed E-state index contributed by atoms with van der Waals surface area (Å²) in [5.74, 6) is 4.89. The Kier molecular flexibility index (Phi) is 4.89. The molecule has 1 heterocycles. The number of nitro benzene ring substituents is 1. The van der Waals surface area contributed by atoms with E-state index in [9.17, 15) is 14.9 Å². The molecule has 21 heavy (non-hydrogen) atoms. The lowest BCUT2D eigenvalue weighted by atomic mass is 10.1. The molecule has 0 radical (unpaired) electrons. The molecule has 9 heteroatoms. The van der Waals surface area contributed by atoms with E-state index in [0.29, 0.717) is 12.2 Å². The first-order valence-corrected chi connectivity index (χ1v) is 7.45. The number of nitrogens with one attached hydrogen (secondary N) is 2. The Morgan fingerprint density at radius 3 is 2.76 bits per heavy atom. The van der Waals surface area contributed by atoms with E-state index in [2.05, 4.69) is 26.7 Å². The highest BCUT2D eigenvalue weighted by molar-refractivity contribution is 9.10. The number of thiophene rings is 1. The van der Waals surface area contributed by atoms with Crippen LogP contribution in [0.4, 0.5) is 11.4 Å². The molecule has 0 atom stereocenters. The van der Waals surface area contributed by atoms with Gasteiger partial charge in [-0.2, -0.15) is 0 Å². The van der Waals surface area contributed by atoms with Crippen LogP contribution in [0.3, 0.4) is 0 Å². The number of carbonyl (C=O) groups excluding carboxylic acids is 1. The molecule has 2 rings (SSSR count). The summed E-state index contributed by atoms with van der Waals surface area (Å²) in [5, 5.41) is 15.4. The number of hydrogen-bond acceptors (Lipinski definition) is 6. The minimum Gasteiger partial charge on any atom is -0.347 e. The topological polar surface area (TPSA) is 110 Å². The molecular weight excluding hydrogens is 360 g/mol. The molecule has 0 saturated carbocycles. The molecule has 7 nitrogen and oxygen atoms in total. The van der Waals surface area contributed by atoms with Crippen molar-refractivity contribution in [1.29, 1.82) is 0 Å². The lowest BCUT2D eigenvalue weighted by Gasteiger charge is -2.09. The molecule has 0 unspecified atom stereocenters. The molecule has 1 aromatic heterocycles. The van der Waals surface area contributed by atoms with Crippen LogP contribution in [0.15, 0.2) is 34.1 Å². The van der Waals surface area contributed by atoms with Gasteiger partial charge in [-0.15, -0.1) is 11.3 Å². The largest absolute Gasteiger partial charge is 0.347 e. The Bertz CT molecular complexity index is 689. The summed E-state index contributed by atoms with van der Waals surface area (Å²) in [6.45, 7) is 0.323. The van der Waals surface area contributed by atoms with Gasteiger partial charge in [-0.1, -0.05) is 0 Å². The van der Waals surface area contributed by atoms with Crippen LogP contribution in [0.1, 0.15) is 15.2 Å². The third kappa shape index (κ3) is 3.57. The van der Waals surface area contributed by atoms with Crippen molar-refractivity contribution in [2.45, 2.75) is 6.54 Å². The van der Waals surface area contributed by atoms with Crippen molar-refractivity contribution < 1.29 is 9.72 Å². The highest BCUT2D eigenvalue weighted by Crippen LogP contribution is 2.24. The second-order valence-corrected chi connectivity index (χ2v) is 5.86. The number of halogens is 1. The van der Waals surface area contributed by atoms with Crippen molar-refractivity contribution in [3.8, 4) is 0 Å². The lowest BCUT2D eigenvalue weighted by Crippen LogP contribution is -2.24. The summed E-state index contributed by atoms with van der Waals surface area (Å²) in [6, 6.07) is 5.75. The van der Waals surface area contributed by atoms with Crippen LogP contribution >= 0.6 is 27.3 Å². The minimum absolute atomic E-state index is 0.124. The van der Waals surface area contributed by atoms with Gasteiger partial charge in [0.1, 0.15) is 0 Å². The summed E-state index contributed by atoms with van der Waals surface area (Å²) in [4.78, 5) is 23.3. The maximum absolute atomic E-state index is 12.2. The zero-order valence-electron chi connectivity index (χ0n) is 10.6. The van der Waals surface area contributed by atoms with Gasteiger partial charge in [-0.25, -0.2) is 0 Å². The zero-order chi connectivity index (χ0) is 15.4. The second kappa shape index (κ2) is 6.66. The van der Waals surface area contributed by atoms with Crippen molar-refractivity contribution in [1.82, 2.24) is 5.32 Å². The highest BCUT2D eigenvalue weighted by atomic mass is 79.9. The number of hydrogen-bond donors (Lipinski definition) is 3. The predicted octanol–water partition coefficient (Wildman–Crippen LogP) is 2.63. The van der Waals surface area contributed by atoms with Crippen LogP contribution in [0, 0.1) is 10.1 Å². The monoisotopic (exact) mass is 370 g/mol. The fourth-order valence-corrected chi connectivity index (χ4v) is 3.10. The van der Waals surface area contributed by atoms with E-state index in [1.807, 2.05) is 11.4 Å². The maximum atomic E-state index is 12.2. The summed E-state index contributed by atoms with van der Waals surface area (Å²) in [5.41, 5.74) is 2.63. The molecule has 1 aromatic carbocycles. The van der Waals surface area contributed by atoms with E-state index in [-0.39, 0.29) is 11.3 Å². The molecule has 0 fully saturated rings. The van der Waals surface area contributed by atoms with Gasteiger partial charge >= 0.3 is 0 Å². The second-order valence-electron chi connectivity index (χ2n) is 4.01. The number of benzene rings is 1. The standard InChI is InChI=1S/C12H11BrN4O3S/c13-9-3-4-21-11(9)6-15-12(18)8-5-7(17(19)20)1-2-10(8)16-14/h1-5,16H,6,14H2,(H,15,18). The SMILES string of the molecule is NNc1ccc([N+](=O)[O-])cc1C(=O)NCc1sccc1Br. The third-order valence-corrected chi connectivity index (χ3v) is 4.64. The average molecular weight is 371 g/mol. The average Bonchev–Trinajstić information content (AvgIpc) is 2.89. The summed E-state index contributed by atoms with van der Waals surface area (Å²) in [6.07, 6.45) is 0. The van der Waals surface area contributed by atoms with Gasteiger partial charge in [-0.05, 0) is 33.4 Å². The van der Waals surface area contributed by atoms with Crippen LogP contribution in [-0.4, -0.2) is 10.8 Å². The van der Waals surface area contributed by atoms with Crippen LogP contribution in [0.5, 0.6) is 0 Å². The molecule has 0 aliphatic carbocycles. The van der Waals surface area contributed by atoms with E-state index in [0.717, 1.165) is 9.35 Å². The number of rotatable bonds is 5. The lowest BCUT2D eigenvalue weighted by molar-refractivity contribution is -0.384. The van der Waals surface area contributed by atoms with Gasteiger partial charge in [0.2, 0.25) is 0 Å². The fourth-order valence-electron chi connectivity index (χ4n) is 1.67. The molecule has 1 amide bonds. The molecule has 0 saturated heterocycles. The Hall–Kier alpha value is -1.97. The van der Waals surface area contributed by atoms with Gasteiger partial charge < -0.3 is 10.7 Å². The molecular formula is C12H11BrN4O3S. The van der Waals surface area contributed by atoms with Crippen molar-refractivity contribution >= 4 is 44.5 Å². The first-order chi connectivity index (χ1) is 10.0. The van der Waals surface area contributed by atoms with Crippen molar-refractivity contribution in [2.75, 3.05) is 5.43 Å². The van der Waals surface area contributed by atoms with Crippen LogP contribution in [0.2, 0.25) is 0 Å². The van der Waals surface area contributed by atoms with Crippen molar-refractivity contribution in [2.24, 2.45) is 5.84 Å². The normalized spacial score (nSPS) is 10.2. The number of nitrogens with two attached hydrogens (primary N) is 1. The van der Waals surface area contributed by atoms with E-state index < -0.39 is 10.8 Å². The maximum Gasteiger partial charge on any atom is 0.270 e. The Labute approximate surface area is 132 Å². The Balaban J connectivity index is 2.19. The van der Waals surface area contributed by atoms with E-state index in [4.69, 9.17) is 5.84 Å². The molecule has 0 aliphatic rings. The molecule has 0 aliphatic heterocycles. The summed E-state index contributed by atoms with van der Waals surface area (Å²) < 4.78 is 0.906. The van der Waals surface area contributed by atoms with Gasteiger partial charge in [0.25, 0.3) is 11.6 Å². The number of amides is 1. The number of nitrogens with zero attached hydrogens (tertiary/aromatic N) is 1. The van der Waals surface area contributed by atoms with Gasteiger partial charge in [-0.3, -0.25) is 20.8 Å². The van der Waals surface area contributed by atoms with Crippen molar-refractivity contribution in [3.05, 3.63) is 54.7 Å². The highest BCUT2D eigenvalue weighted by Gasteiger charge is 2.16. The number of anilines is 1. The number of non-ortho nitro benzene ring substituents is 1. The molecule has 4 N–H and O–H groups in total.